The van der Waals surface area contributed by atoms with Gasteiger partial charge in [-0.3, -0.25) is 9.59 Å². The van der Waals surface area contributed by atoms with Gasteiger partial charge in [-0.2, -0.15) is 12.6 Å². The van der Waals surface area contributed by atoms with E-state index in [2.05, 4.69) is 12.6 Å². The van der Waals surface area contributed by atoms with Crippen molar-refractivity contribution < 1.29 is 14.4 Å². The Kier molecular flexibility index (Phi) is 5.00. The number of aryl methyl sites for hydroxylation is 1. The maximum absolute atomic E-state index is 12.8. The lowest BCUT2D eigenvalue weighted by Crippen LogP contribution is -2.64. The first-order chi connectivity index (χ1) is 10.5. The first-order valence-electron chi connectivity index (χ1n) is 6.99. The molecule has 0 saturated carbocycles. The van der Waals surface area contributed by atoms with Crippen LogP contribution in [-0.2, 0) is 20.8 Å². The van der Waals surface area contributed by atoms with Gasteiger partial charge >= 0.3 is 0 Å². The van der Waals surface area contributed by atoms with Gasteiger partial charge < -0.3 is 21.2 Å². The van der Waals surface area contributed by atoms with Gasteiger partial charge in [-0.05, 0) is 24.5 Å². The zero-order valence-electron chi connectivity index (χ0n) is 12.1. The zero-order chi connectivity index (χ0) is 16.3. The number of amides is 1. The van der Waals surface area contributed by atoms with Gasteiger partial charge in [0.25, 0.3) is 5.91 Å². The monoisotopic (exact) mass is 321 g/mol. The number of nitrogens with zero attached hydrogens (tertiary/aromatic N) is 1. The van der Waals surface area contributed by atoms with Gasteiger partial charge in [0.2, 0.25) is 0 Å². The highest BCUT2D eigenvalue weighted by molar-refractivity contribution is 7.80. The molecule has 1 heterocycles. The number of hydrogen-bond donors (Lipinski definition) is 3. The number of ketones is 1. The molecule has 1 aliphatic heterocycles. The second kappa shape index (κ2) is 6.60. The summed E-state index contributed by atoms with van der Waals surface area (Å²) in [4.78, 5) is 37.5. The molecule has 0 aromatic heterocycles. The number of fused-ring (bicyclic) bond motifs is 1. The molecule has 4 N–H and O–H groups in total. The highest BCUT2D eigenvalue weighted by Gasteiger charge is 2.47. The van der Waals surface area contributed by atoms with Crippen molar-refractivity contribution >= 4 is 36.3 Å². The van der Waals surface area contributed by atoms with Crippen LogP contribution in [0.1, 0.15) is 12.0 Å². The predicted octanol–water partition coefficient (Wildman–Crippen LogP) is -0.312. The molecule has 1 aliphatic rings. The fourth-order valence-electron chi connectivity index (χ4n) is 2.67. The normalized spacial score (nSPS) is 22.7. The van der Waals surface area contributed by atoms with E-state index in [0.29, 0.717) is 18.4 Å². The van der Waals surface area contributed by atoms with Crippen LogP contribution in [-0.4, -0.2) is 41.9 Å². The van der Waals surface area contributed by atoms with Crippen molar-refractivity contribution in [1.29, 1.82) is 0 Å². The first-order valence-corrected chi connectivity index (χ1v) is 7.62. The average Bonchev–Trinajstić information content (AvgIpc) is 2.65. The average molecular weight is 321 g/mol. The summed E-state index contributed by atoms with van der Waals surface area (Å²) in [6.45, 7) is -0.155. The quantitative estimate of drug-likeness (QED) is 0.392. The molecule has 1 aromatic carbocycles. The van der Waals surface area contributed by atoms with Crippen LogP contribution in [0.3, 0.4) is 0 Å². The SMILES string of the molecule is NC(CS)C(=O)C1(N)CCc2ccccc2N(CC=O)C1=O. The van der Waals surface area contributed by atoms with Gasteiger partial charge in [-0.15, -0.1) is 0 Å². The van der Waals surface area contributed by atoms with Crippen molar-refractivity contribution in [2.45, 2.75) is 24.4 Å². The summed E-state index contributed by atoms with van der Waals surface area (Å²) in [6.07, 6.45) is 1.22. The van der Waals surface area contributed by atoms with Crippen LogP contribution in [0, 0.1) is 0 Å². The number of anilines is 1. The number of nitrogens with two attached hydrogens (primary N) is 2. The predicted molar refractivity (Wildman–Crippen MR) is 86.9 cm³/mol. The van der Waals surface area contributed by atoms with E-state index in [1.165, 1.54) is 4.90 Å². The van der Waals surface area contributed by atoms with Gasteiger partial charge in [0, 0.05) is 11.4 Å². The molecule has 0 fully saturated rings. The lowest BCUT2D eigenvalue weighted by Gasteiger charge is -2.31. The molecule has 0 spiro atoms. The Morgan fingerprint density at radius 3 is 2.77 bits per heavy atom. The molecule has 1 amide bonds. The van der Waals surface area contributed by atoms with Crippen LogP contribution in [0.4, 0.5) is 5.69 Å². The van der Waals surface area contributed by atoms with Crippen molar-refractivity contribution in [2.75, 3.05) is 17.2 Å². The number of Topliss-reactive ketones (excluding diaryl/α,β-unsaturated/α-hetero) is 1. The number of benzene rings is 1. The summed E-state index contributed by atoms with van der Waals surface area (Å²) in [6, 6.07) is 6.29. The Hall–Kier alpha value is -1.70. The Bertz CT molecular complexity index is 607. The first kappa shape index (κ1) is 16.7. The molecule has 0 saturated heterocycles. The molecule has 118 valence electrons. The number of para-hydroxylation sites is 1. The van der Waals surface area contributed by atoms with Crippen LogP contribution in [0.2, 0.25) is 0 Å². The molecule has 2 atom stereocenters. The molecule has 6 nitrogen and oxygen atoms in total. The summed E-state index contributed by atoms with van der Waals surface area (Å²) in [5.41, 5.74) is 11.6. The summed E-state index contributed by atoms with van der Waals surface area (Å²) in [7, 11) is 0. The fraction of sp³-hybridized carbons (Fsp3) is 0.400. The van der Waals surface area contributed by atoms with Crippen molar-refractivity contribution in [2.24, 2.45) is 11.5 Å². The molecule has 0 aliphatic carbocycles. The maximum Gasteiger partial charge on any atom is 0.255 e. The maximum atomic E-state index is 12.8. The highest BCUT2D eigenvalue weighted by atomic mass is 32.1. The smallest absolute Gasteiger partial charge is 0.255 e. The third-order valence-corrected chi connectivity index (χ3v) is 4.32. The second-order valence-corrected chi connectivity index (χ2v) is 5.70. The number of rotatable bonds is 5. The van der Waals surface area contributed by atoms with Gasteiger partial charge in [-0.1, -0.05) is 18.2 Å². The van der Waals surface area contributed by atoms with E-state index < -0.39 is 23.3 Å². The van der Waals surface area contributed by atoms with E-state index in [-0.39, 0.29) is 18.7 Å². The number of hydrogen-bond acceptors (Lipinski definition) is 6. The standard InChI is InChI=1S/C15H19N3O3S/c16-11(9-22)13(20)15(17)6-5-10-3-1-2-4-12(10)18(7-8-19)14(15)21/h1-4,8,11,22H,5-7,9,16-17H2. The van der Waals surface area contributed by atoms with Gasteiger partial charge in [0.1, 0.15) is 6.29 Å². The van der Waals surface area contributed by atoms with Crippen LogP contribution in [0.15, 0.2) is 24.3 Å². The van der Waals surface area contributed by atoms with E-state index in [1.54, 1.807) is 12.1 Å². The minimum Gasteiger partial charge on any atom is -0.321 e. The van der Waals surface area contributed by atoms with Crippen molar-refractivity contribution in [1.82, 2.24) is 0 Å². The molecule has 2 unspecified atom stereocenters. The Morgan fingerprint density at radius 1 is 1.45 bits per heavy atom. The molecule has 0 radical (unpaired) electrons. The second-order valence-electron chi connectivity index (χ2n) is 5.34. The van der Waals surface area contributed by atoms with E-state index in [0.717, 1.165) is 5.56 Å². The topological polar surface area (TPSA) is 106 Å². The zero-order valence-corrected chi connectivity index (χ0v) is 13.0. The summed E-state index contributed by atoms with van der Waals surface area (Å²) < 4.78 is 0. The van der Waals surface area contributed by atoms with Gasteiger partial charge in [0.05, 0.1) is 12.6 Å². The van der Waals surface area contributed by atoms with E-state index in [1.807, 2.05) is 12.1 Å². The lowest BCUT2D eigenvalue weighted by molar-refractivity contribution is -0.135. The van der Waals surface area contributed by atoms with Crippen LogP contribution < -0.4 is 16.4 Å². The summed E-state index contributed by atoms with van der Waals surface area (Å²) in [5, 5.41) is 0. The van der Waals surface area contributed by atoms with Crippen molar-refractivity contribution in [3.05, 3.63) is 29.8 Å². The molecular formula is C15H19N3O3S. The molecule has 2 rings (SSSR count). The van der Waals surface area contributed by atoms with E-state index in [4.69, 9.17) is 11.5 Å². The lowest BCUT2D eigenvalue weighted by atomic mass is 9.85. The van der Waals surface area contributed by atoms with E-state index in [9.17, 15) is 14.4 Å². The van der Waals surface area contributed by atoms with Crippen LogP contribution in [0.25, 0.3) is 0 Å². The minimum atomic E-state index is -1.73. The molecule has 7 heteroatoms. The third-order valence-electron chi connectivity index (χ3n) is 3.93. The Labute approximate surface area is 134 Å². The number of carbonyl (C=O) groups is 3. The van der Waals surface area contributed by atoms with Gasteiger partial charge in [0.15, 0.2) is 11.3 Å². The minimum absolute atomic E-state index is 0.103. The van der Waals surface area contributed by atoms with Crippen molar-refractivity contribution in [3.63, 3.8) is 0 Å². The molecular weight excluding hydrogens is 302 g/mol. The molecule has 0 bridgehead atoms. The summed E-state index contributed by atoms with van der Waals surface area (Å²) in [5.74, 6) is -1.03. The summed E-state index contributed by atoms with van der Waals surface area (Å²) >= 11 is 4.00. The van der Waals surface area contributed by atoms with Crippen LogP contribution >= 0.6 is 12.6 Å². The Morgan fingerprint density at radius 2 is 2.14 bits per heavy atom. The third kappa shape index (κ3) is 2.79. The number of thiol groups is 1. The molecule has 1 aromatic rings. The Balaban J connectivity index is 2.48. The van der Waals surface area contributed by atoms with Crippen LogP contribution in [0.5, 0.6) is 0 Å². The largest absolute Gasteiger partial charge is 0.321 e. The molecule has 22 heavy (non-hydrogen) atoms. The number of aldehydes is 1. The highest BCUT2D eigenvalue weighted by Crippen LogP contribution is 2.30. The van der Waals surface area contributed by atoms with Crippen molar-refractivity contribution in [3.8, 4) is 0 Å². The van der Waals surface area contributed by atoms with Gasteiger partial charge in [-0.25, -0.2) is 0 Å². The van der Waals surface area contributed by atoms with E-state index >= 15 is 0 Å². The number of carbonyl (C=O) groups excluding carboxylic acids is 3. The fourth-order valence-corrected chi connectivity index (χ4v) is 2.84.